The average molecular weight is 326 g/mol. The Balaban J connectivity index is 2.71. The van der Waals surface area contributed by atoms with Crippen LogP contribution in [-0.4, -0.2) is 100.0 Å². The van der Waals surface area contributed by atoms with Crippen LogP contribution in [-0.2, 0) is 14.2 Å². The predicted octanol–water partition coefficient (Wildman–Crippen LogP) is -3.05. The molecule has 1 rings (SSSR count). The van der Waals surface area contributed by atoms with Gasteiger partial charge in [0.05, 0.1) is 25.4 Å². The van der Waals surface area contributed by atoms with E-state index < -0.39 is 56.1 Å². The molecule has 132 valence electrons. The zero-order valence-corrected chi connectivity index (χ0v) is 12.6. The minimum Gasteiger partial charge on any atom is -0.394 e. The third-order valence-electron chi connectivity index (χ3n) is 3.66. The second-order valence-electron chi connectivity index (χ2n) is 5.40. The Hall–Kier alpha value is -0.360. The van der Waals surface area contributed by atoms with Gasteiger partial charge in [-0.2, -0.15) is 0 Å². The van der Waals surface area contributed by atoms with Crippen molar-refractivity contribution >= 4 is 0 Å². The van der Waals surface area contributed by atoms with Gasteiger partial charge in [0.1, 0.15) is 30.5 Å². The Labute approximate surface area is 128 Å². The lowest BCUT2D eigenvalue weighted by atomic mass is 9.98. The number of aliphatic hydroxyl groups excluding tert-OH is 6. The third-order valence-corrected chi connectivity index (χ3v) is 3.66. The van der Waals surface area contributed by atoms with Gasteiger partial charge >= 0.3 is 0 Å². The van der Waals surface area contributed by atoms with E-state index in [4.69, 9.17) is 24.4 Å². The van der Waals surface area contributed by atoms with E-state index >= 15 is 0 Å². The number of rotatable bonds is 8. The highest BCUT2D eigenvalue weighted by Gasteiger charge is 2.40. The van der Waals surface area contributed by atoms with E-state index in [0.29, 0.717) is 6.42 Å². The summed E-state index contributed by atoms with van der Waals surface area (Å²) in [5, 5.41) is 57.0. The highest BCUT2D eigenvalue weighted by molar-refractivity contribution is 4.86. The summed E-state index contributed by atoms with van der Waals surface area (Å²) >= 11 is 0. The van der Waals surface area contributed by atoms with E-state index in [1.807, 2.05) is 0 Å². The molecule has 0 aromatic carbocycles. The van der Waals surface area contributed by atoms with Crippen molar-refractivity contribution in [2.75, 3.05) is 20.3 Å². The molecule has 0 spiro atoms. The fourth-order valence-electron chi connectivity index (χ4n) is 2.37. The zero-order chi connectivity index (χ0) is 16.9. The average Bonchev–Trinajstić information content (AvgIpc) is 2.52. The van der Waals surface area contributed by atoms with Crippen LogP contribution in [0.1, 0.15) is 13.3 Å². The summed E-state index contributed by atoms with van der Waals surface area (Å²) in [6, 6.07) is 0. The highest BCUT2D eigenvalue weighted by atomic mass is 16.7. The van der Waals surface area contributed by atoms with E-state index in [-0.39, 0.29) is 6.10 Å². The maximum atomic E-state index is 10.1. The summed E-state index contributed by atoms with van der Waals surface area (Å²) in [4.78, 5) is 0. The minimum absolute atomic E-state index is 0.284. The third kappa shape index (κ3) is 4.82. The summed E-state index contributed by atoms with van der Waals surface area (Å²) in [5.41, 5.74) is 0. The molecule has 0 aromatic heterocycles. The molecular weight excluding hydrogens is 300 g/mol. The number of aliphatic hydroxyl groups is 6. The molecule has 0 amide bonds. The Morgan fingerprint density at radius 1 is 1.18 bits per heavy atom. The smallest absolute Gasteiger partial charge is 0.186 e. The van der Waals surface area contributed by atoms with E-state index in [2.05, 4.69) is 0 Å². The van der Waals surface area contributed by atoms with Gasteiger partial charge < -0.3 is 44.8 Å². The first kappa shape index (κ1) is 19.7. The fraction of sp³-hybridized carbons (Fsp3) is 1.00. The zero-order valence-electron chi connectivity index (χ0n) is 12.6. The van der Waals surface area contributed by atoms with Crippen molar-refractivity contribution in [1.29, 1.82) is 0 Å². The summed E-state index contributed by atoms with van der Waals surface area (Å²) in [7, 11) is 1.23. The maximum Gasteiger partial charge on any atom is 0.186 e. The molecule has 7 unspecified atom stereocenters. The monoisotopic (exact) mass is 326 g/mol. The van der Waals surface area contributed by atoms with Gasteiger partial charge in [0.2, 0.25) is 0 Å². The van der Waals surface area contributed by atoms with Gasteiger partial charge in [0.25, 0.3) is 0 Å². The van der Waals surface area contributed by atoms with Crippen molar-refractivity contribution in [1.82, 2.24) is 0 Å². The maximum absolute atomic E-state index is 10.1. The number of hydrogen-bond donors (Lipinski definition) is 6. The normalized spacial score (nSPS) is 34.9. The quantitative estimate of drug-likeness (QED) is 0.256. The van der Waals surface area contributed by atoms with Crippen molar-refractivity contribution in [3.63, 3.8) is 0 Å². The van der Waals surface area contributed by atoms with Crippen LogP contribution >= 0.6 is 0 Å². The van der Waals surface area contributed by atoms with Crippen LogP contribution in [0.25, 0.3) is 0 Å². The van der Waals surface area contributed by atoms with Gasteiger partial charge in [0.15, 0.2) is 6.29 Å². The van der Waals surface area contributed by atoms with E-state index in [1.165, 1.54) is 7.11 Å². The summed E-state index contributed by atoms with van der Waals surface area (Å²) in [6.07, 6.45) is -8.94. The summed E-state index contributed by atoms with van der Waals surface area (Å²) in [5.74, 6) is 0. The van der Waals surface area contributed by atoms with Crippen LogP contribution in [0.5, 0.6) is 0 Å². The van der Waals surface area contributed by atoms with E-state index in [1.54, 1.807) is 6.92 Å². The molecule has 1 fully saturated rings. The lowest BCUT2D eigenvalue weighted by molar-refractivity contribution is -0.273. The van der Waals surface area contributed by atoms with Gasteiger partial charge in [-0.05, 0) is 6.92 Å². The standard InChI is InChI=1S/C13H26O9/c1-6-3-8(11(18)9(5-15)21-6)22-13(20-2)12(19)10(17)7(16)4-14/h6-19H,3-5H2,1-2H3/t6?,7-,8?,9?,10?,11?,12?,13?/m1/s1. The van der Waals surface area contributed by atoms with Crippen molar-refractivity contribution < 1.29 is 44.8 Å². The number of hydrogen-bond acceptors (Lipinski definition) is 9. The van der Waals surface area contributed by atoms with Gasteiger partial charge in [-0.15, -0.1) is 0 Å². The van der Waals surface area contributed by atoms with Crippen LogP contribution in [0.3, 0.4) is 0 Å². The molecular formula is C13H26O9. The van der Waals surface area contributed by atoms with Crippen LogP contribution in [0, 0.1) is 0 Å². The number of methoxy groups -OCH3 is 1. The van der Waals surface area contributed by atoms with Crippen molar-refractivity contribution in [3.05, 3.63) is 0 Å². The Morgan fingerprint density at radius 2 is 1.82 bits per heavy atom. The molecule has 1 saturated heterocycles. The molecule has 0 aromatic rings. The molecule has 0 bridgehead atoms. The van der Waals surface area contributed by atoms with E-state index in [9.17, 15) is 20.4 Å². The lowest BCUT2D eigenvalue weighted by Gasteiger charge is -2.39. The SMILES string of the molecule is COC(OC1CC(C)OC(CO)C1O)C(O)C(O)[C@H](O)CO. The largest absolute Gasteiger partial charge is 0.394 e. The molecule has 0 radical (unpaired) electrons. The molecule has 9 nitrogen and oxygen atoms in total. The van der Waals surface area contributed by atoms with Crippen molar-refractivity contribution in [2.24, 2.45) is 0 Å². The predicted molar refractivity (Wildman–Crippen MR) is 72.8 cm³/mol. The Kier molecular flexibility index (Phi) is 8.11. The van der Waals surface area contributed by atoms with Crippen molar-refractivity contribution in [2.45, 2.75) is 62.4 Å². The van der Waals surface area contributed by atoms with Gasteiger partial charge in [-0.1, -0.05) is 0 Å². The van der Waals surface area contributed by atoms with Crippen LogP contribution < -0.4 is 0 Å². The van der Waals surface area contributed by atoms with Gasteiger partial charge in [-0.3, -0.25) is 0 Å². The second-order valence-corrected chi connectivity index (χ2v) is 5.40. The fourth-order valence-corrected chi connectivity index (χ4v) is 2.37. The van der Waals surface area contributed by atoms with Crippen LogP contribution in [0.15, 0.2) is 0 Å². The first-order valence-electron chi connectivity index (χ1n) is 7.13. The topological polar surface area (TPSA) is 149 Å². The molecule has 6 N–H and O–H groups in total. The van der Waals surface area contributed by atoms with Crippen molar-refractivity contribution in [3.8, 4) is 0 Å². The highest BCUT2D eigenvalue weighted by Crippen LogP contribution is 2.25. The molecule has 1 aliphatic rings. The second kappa shape index (κ2) is 9.06. The molecule has 1 aliphatic heterocycles. The first-order chi connectivity index (χ1) is 10.3. The van der Waals surface area contributed by atoms with Gasteiger partial charge in [0, 0.05) is 13.5 Å². The molecule has 9 heteroatoms. The summed E-state index contributed by atoms with van der Waals surface area (Å²) in [6.45, 7) is 0.614. The molecule has 8 atom stereocenters. The molecule has 0 aliphatic carbocycles. The van der Waals surface area contributed by atoms with E-state index in [0.717, 1.165) is 0 Å². The Morgan fingerprint density at radius 3 is 2.32 bits per heavy atom. The molecule has 0 saturated carbocycles. The minimum atomic E-state index is -1.68. The lowest BCUT2D eigenvalue weighted by Crippen LogP contribution is -2.54. The summed E-state index contributed by atoms with van der Waals surface area (Å²) < 4.78 is 15.8. The number of ether oxygens (including phenoxy) is 3. The van der Waals surface area contributed by atoms with Crippen LogP contribution in [0.4, 0.5) is 0 Å². The molecule has 22 heavy (non-hydrogen) atoms. The Bertz CT molecular complexity index is 316. The first-order valence-corrected chi connectivity index (χ1v) is 7.13. The van der Waals surface area contributed by atoms with Crippen LogP contribution in [0.2, 0.25) is 0 Å². The molecule has 1 heterocycles. The van der Waals surface area contributed by atoms with Gasteiger partial charge in [-0.25, -0.2) is 0 Å².